The van der Waals surface area contributed by atoms with E-state index in [0.29, 0.717) is 24.6 Å². The number of nitrogens with two attached hydrogens (primary N) is 1. The zero-order valence-corrected chi connectivity index (χ0v) is 11.4. The van der Waals surface area contributed by atoms with Crippen molar-refractivity contribution < 1.29 is 9.53 Å². The molecule has 0 saturated heterocycles. The van der Waals surface area contributed by atoms with Crippen LogP contribution in [0.5, 0.6) is 5.75 Å². The van der Waals surface area contributed by atoms with Gasteiger partial charge < -0.3 is 15.8 Å². The number of anilines is 1. The van der Waals surface area contributed by atoms with Gasteiger partial charge in [0.25, 0.3) is 5.56 Å². The number of nitrogens with zero attached hydrogens (tertiary/aromatic N) is 2. The molecular formula is C14H16N4O3. The maximum absolute atomic E-state index is 11.8. The van der Waals surface area contributed by atoms with E-state index in [1.807, 2.05) is 18.2 Å². The Morgan fingerprint density at radius 3 is 2.76 bits per heavy atom. The van der Waals surface area contributed by atoms with Crippen LogP contribution >= 0.6 is 0 Å². The molecule has 1 amide bonds. The summed E-state index contributed by atoms with van der Waals surface area (Å²) >= 11 is 0. The van der Waals surface area contributed by atoms with Gasteiger partial charge in [-0.05, 0) is 12.1 Å². The Bertz CT molecular complexity index is 655. The summed E-state index contributed by atoms with van der Waals surface area (Å²) in [6.45, 7) is 0.493. The summed E-state index contributed by atoms with van der Waals surface area (Å²) in [7, 11) is 0. The van der Waals surface area contributed by atoms with E-state index in [9.17, 15) is 9.59 Å². The zero-order valence-electron chi connectivity index (χ0n) is 11.4. The lowest BCUT2D eigenvalue weighted by Gasteiger charge is -2.08. The molecule has 0 bridgehead atoms. The van der Waals surface area contributed by atoms with E-state index in [1.54, 1.807) is 12.1 Å². The van der Waals surface area contributed by atoms with Crippen LogP contribution in [0.25, 0.3) is 0 Å². The molecule has 0 radical (unpaired) electrons. The Kier molecular flexibility index (Phi) is 5.05. The van der Waals surface area contributed by atoms with Gasteiger partial charge in [-0.3, -0.25) is 9.59 Å². The number of aromatic nitrogens is 2. The third kappa shape index (κ3) is 4.43. The molecule has 0 aliphatic rings. The van der Waals surface area contributed by atoms with Gasteiger partial charge in [-0.1, -0.05) is 18.2 Å². The largest absolute Gasteiger partial charge is 0.490 e. The summed E-state index contributed by atoms with van der Waals surface area (Å²) in [6, 6.07) is 10.3. The van der Waals surface area contributed by atoms with Gasteiger partial charge in [0.1, 0.15) is 18.9 Å². The average Bonchev–Trinajstić information content (AvgIpc) is 2.48. The summed E-state index contributed by atoms with van der Waals surface area (Å²) in [5.41, 5.74) is 5.56. The van der Waals surface area contributed by atoms with Gasteiger partial charge in [-0.25, -0.2) is 4.68 Å². The molecule has 7 nitrogen and oxygen atoms in total. The molecule has 0 fully saturated rings. The monoisotopic (exact) mass is 288 g/mol. The summed E-state index contributed by atoms with van der Waals surface area (Å²) in [6.07, 6.45) is 1.38. The number of amides is 1. The number of hydrogen-bond acceptors (Lipinski definition) is 5. The first-order chi connectivity index (χ1) is 10.2. The second-order valence-electron chi connectivity index (χ2n) is 4.24. The molecule has 0 aliphatic heterocycles. The quantitative estimate of drug-likeness (QED) is 0.792. The molecular weight excluding hydrogens is 272 g/mol. The fourth-order valence-corrected chi connectivity index (χ4v) is 1.65. The van der Waals surface area contributed by atoms with Crippen LogP contribution in [0, 0.1) is 0 Å². The van der Waals surface area contributed by atoms with Crippen molar-refractivity contribution in [3.8, 4) is 5.75 Å². The van der Waals surface area contributed by atoms with Gasteiger partial charge >= 0.3 is 0 Å². The lowest BCUT2D eigenvalue weighted by atomic mass is 10.3. The molecule has 7 heteroatoms. The maximum Gasteiger partial charge on any atom is 0.270 e. The van der Waals surface area contributed by atoms with E-state index in [2.05, 4.69) is 10.4 Å². The first-order valence-corrected chi connectivity index (χ1v) is 6.44. The second-order valence-corrected chi connectivity index (χ2v) is 4.24. The van der Waals surface area contributed by atoms with E-state index in [-0.39, 0.29) is 12.5 Å². The lowest BCUT2D eigenvalue weighted by Crippen LogP contribution is -2.29. The predicted octanol–water partition coefficient (Wildman–Crippen LogP) is 0.219. The van der Waals surface area contributed by atoms with E-state index >= 15 is 0 Å². The van der Waals surface area contributed by atoms with Gasteiger partial charge in [0, 0.05) is 18.3 Å². The third-order valence-electron chi connectivity index (χ3n) is 2.58. The summed E-state index contributed by atoms with van der Waals surface area (Å²) < 4.78 is 6.25. The Hall–Kier alpha value is -2.67. The van der Waals surface area contributed by atoms with Crippen LogP contribution in [-0.2, 0) is 11.3 Å². The van der Waals surface area contributed by atoms with Crippen molar-refractivity contribution in [1.82, 2.24) is 9.78 Å². The first kappa shape index (κ1) is 14.7. The number of rotatable bonds is 6. The van der Waals surface area contributed by atoms with E-state index in [4.69, 9.17) is 10.5 Å². The molecule has 2 rings (SSSR count). The van der Waals surface area contributed by atoms with E-state index in [1.165, 1.54) is 12.3 Å². The fraction of sp³-hybridized carbons (Fsp3) is 0.214. The first-order valence-electron chi connectivity index (χ1n) is 6.44. The van der Waals surface area contributed by atoms with Crippen LogP contribution in [0.3, 0.4) is 0 Å². The van der Waals surface area contributed by atoms with Gasteiger partial charge in [-0.15, -0.1) is 0 Å². The highest BCUT2D eigenvalue weighted by Gasteiger charge is 2.07. The number of para-hydroxylation sites is 1. The van der Waals surface area contributed by atoms with Gasteiger partial charge in [0.15, 0.2) is 0 Å². The Labute approximate surface area is 121 Å². The van der Waals surface area contributed by atoms with E-state index < -0.39 is 5.56 Å². The molecule has 0 atom stereocenters. The van der Waals surface area contributed by atoms with Gasteiger partial charge in [-0.2, -0.15) is 5.10 Å². The molecule has 3 N–H and O–H groups in total. The maximum atomic E-state index is 11.8. The summed E-state index contributed by atoms with van der Waals surface area (Å²) in [4.78, 5) is 23.6. The summed E-state index contributed by atoms with van der Waals surface area (Å²) in [5, 5.41) is 6.57. The second kappa shape index (κ2) is 7.20. The number of ether oxygens (including phenoxy) is 1. The molecule has 0 unspecified atom stereocenters. The van der Waals surface area contributed by atoms with Crippen LogP contribution in [0.15, 0.2) is 47.4 Å². The van der Waals surface area contributed by atoms with Crippen LogP contribution in [0.4, 0.5) is 5.69 Å². The highest BCUT2D eigenvalue weighted by atomic mass is 16.5. The normalized spacial score (nSPS) is 10.1. The molecule has 110 valence electrons. The van der Waals surface area contributed by atoms with Gasteiger partial charge in [0.05, 0.1) is 6.20 Å². The number of carbonyl (C=O) groups excluding carboxylic acids is 1. The molecule has 1 aromatic carbocycles. The molecule has 0 spiro atoms. The average molecular weight is 288 g/mol. The van der Waals surface area contributed by atoms with Crippen molar-refractivity contribution in [2.75, 3.05) is 18.5 Å². The highest BCUT2D eigenvalue weighted by Crippen LogP contribution is 2.05. The van der Waals surface area contributed by atoms with Crippen LogP contribution < -0.4 is 21.3 Å². The SMILES string of the molecule is NCCOc1cnn(CC(=O)Nc2ccccc2)c(=O)c1. The molecule has 0 aliphatic carbocycles. The third-order valence-corrected chi connectivity index (χ3v) is 2.58. The fourth-order valence-electron chi connectivity index (χ4n) is 1.65. The van der Waals surface area contributed by atoms with Crippen molar-refractivity contribution in [1.29, 1.82) is 0 Å². The predicted molar refractivity (Wildman–Crippen MR) is 78.1 cm³/mol. The molecule has 21 heavy (non-hydrogen) atoms. The zero-order chi connectivity index (χ0) is 15.1. The van der Waals surface area contributed by atoms with Crippen molar-refractivity contribution in [2.24, 2.45) is 5.73 Å². The van der Waals surface area contributed by atoms with Gasteiger partial charge in [0.2, 0.25) is 5.91 Å². The molecule has 1 aromatic heterocycles. The molecule has 1 heterocycles. The standard InChI is InChI=1S/C14H16N4O3/c15-6-7-21-12-8-14(20)18(16-9-12)10-13(19)17-11-4-2-1-3-5-11/h1-5,8-9H,6-7,10,15H2,(H,17,19). The van der Waals surface area contributed by atoms with Crippen molar-refractivity contribution in [3.63, 3.8) is 0 Å². The van der Waals surface area contributed by atoms with Crippen molar-refractivity contribution in [2.45, 2.75) is 6.54 Å². The van der Waals surface area contributed by atoms with E-state index in [0.717, 1.165) is 4.68 Å². The number of nitrogens with one attached hydrogen (secondary N) is 1. The van der Waals surface area contributed by atoms with Crippen molar-refractivity contribution >= 4 is 11.6 Å². The lowest BCUT2D eigenvalue weighted by molar-refractivity contribution is -0.117. The number of hydrogen-bond donors (Lipinski definition) is 2. The molecule has 0 saturated carbocycles. The number of carbonyl (C=O) groups is 1. The summed E-state index contributed by atoms with van der Waals surface area (Å²) in [5.74, 6) is 0.0107. The smallest absolute Gasteiger partial charge is 0.270 e. The topological polar surface area (TPSA) is 99.2 Å². The molecule has 2 aromatic rings. The number of benzene rings is 1. The Morgan fingerprint density at radius 2 is 2.10 bits per heavy atom. The van der Waals surface area contributed by atoms with Crippen LogP contribution in [0.1, 0.15) is 0 Å². The minimum Gasteiger partial charge on any atom is -0.490 e. The minimum absolute atomic E-state index is 0.162. The highest BCUT2D eigenvalue weighted by molar-refractivity contribution is 5.90. The van der Waals surface area contributed by atoms with Crippen LogP contribution in [-0.4, -0.2) is 28.8 Å². The van der Waals surface area contributed by atoms with Crippen LogP contribution in [0.2, 0.25) is 0 Å². The minimum atomic E-state index is -0.410. The van der Waals surface area contributed by atoms with Crippen molar-refractivity contribution in [3.05, 3.63) is 52.9 Å². The Balaban J connectivity index is 1.99. The Morgan fingerprint density at radius 1 is 1.33 bits per heavy atom.